The van der Waals surface area contributed by atoms with E-state index in [0.717, 1.165) is 10.5 Å². The van der Waals surface area contributed by atoms with Crippen molar-refractivity contribution in [2.45, 2.75) is 16.8 Å². The zero-order valence-corrected chi connectivity index (χ0v) is 10.7. The number of rotatable bonds is 2. The van der Waals surface area contributed by atoms with Crippen molar-refractivity contribution >= 4 is 34.4 Å². The third-order valence-corrected chi connectivity index (χ3v) is 4.18. The van der Waals surface area contributed by atoms with Crippen molar-refractivity contribution in [3.8, 4) is 0 Å². The van der Waals surface area contributed by atoms with Gasteiger partial charge in [-0.1, -0.05) is 18.2 Å². The molecule has 0 fully saturated rings. The molecule has 0 spiro atoms. The number of benzene rings is 1. The first kappa shape index (κ1) is 10.8. The van der Waals surface area contributed by atoms with Crippen molar-refractivity contribution in [1.82, 2.24) is 4.98 Å². The summed E-state index contributed by atoms with van der Waals surface area (Å²) in [6.07, 6.45) is 4.19. The van der Waals surface area contributed by atoms with E-state index in [4.69, 9.17) is 0 Å². The average Bonchev–Trinajstić information content (AvgIpc) is 2.29. The van der Waals surface area contributed by atoms with Crippen LogP contribution in [-0.4, -0.2) is 17.5 Å². The summed E-state index contributed by atoms with van der Waals surface area (Å²) < 4.78 is 0. The molecule has 15 heavy (non-hydrogen) atoms. The Bertz CT molecular complexity index is 494. The van der Waals surface area contributed by atoms with Gasteiger partial charge in [-0.15, -0.1) is 23.5 Å². The predicted octanol–water partition coefficient (Wildman–Crippen LogP) is 3.99. The Morgan fingerprint density at radius 2 is 1.80 bits per heavy atom. The van der Waals surface area contributed by atoms with E-state index in [0.29, 0.717) is 0 Å². The molecule has 2 rings (SSSR count). The molecule has 78 valence electrons. The lowest BCUT2D eigenvalue weighted by Crippen LogP contribution is -1.91. The number of hydrogen-bond acceptors (Lipinski definition) is 3. The normalized spacial score (nSPS) is 10.9. The van der Waals surface area contributed by atoms with Crippen LogP contribution in [0.5, 0.6) is 0 Å². The van der Waals surface area contributed by atoms with Crippen molar-refractivity contribution in [3.05, 3.63) is 29.8 Å². The highest BCUT2D eigenvalue weighted by atomic mass is 32.2. The van der Waals surface area contributed by atoms with Crippen LogP contribution in [0.2, 0.25) is 0 Å². The van der Waals surface area contributed by atoms with Gasteiger partial charge in [-0.25, -0.2) is 4.98 Å². The molecular formula is C12H13NS2. The van der Waals surface area contributed by atoms with E-state index >= 15 is 0 Å². The van der Waals surface area contributed by atoms with Crippen molar-refractivity contribution in [2.24, 2.45) is 0 Å². The maximum atomic E-state index is 4.67. The molecule has 0 atom stereocenters. The fraction of sp³-hybridized carbons (Fsp3) is 0.250. The molecule has 0 radical (unpaired) electrons. The number of hydrogen-bond donors (Lipinski definition) is 0. The summed E-state index contributed by atoms with van der Waals surface area (Å²) in [7, 11) is 0. The van der Waals surface area contributed by atoms with Gasteiger partial charge in [-0.05, 0) is 31.1 Å². The summed E-state index contributed by atoms with van der Waals surface area (Å²) in [5, 5.41) is 2.40. The second-order valence-electron chi connectivity index (χ2n) is 3.30. The van der Waals surface area contributed by atoms with Crippen molar-refractivity contribution < 1.29 is 0 Å². The number of nitrogens with zero attached hydrogens (tertiary/aromatic N) is 1. The van der Waals surface area contributed by atoms with E-state index < -0.39 is 0 Å². The molecule has 0 N–H and O–H groups in total. The van der Waals surface area contributed by atoms with Crippen molar-refractivity contribution in [1.29, 1.82) is 0 Å². The Hall–Kier alpha value is -0.670. The first-order valence-corrected chi connectivity index (χ1v) is 7.20. The molecule has 1 heterocycles. The molecule has 1 aromatic heterocycles. The zero-order valence-electron chi connectivity index (χ0n) is 9.07. The van der Waals surface area contributed by atoms with Gasteiger partial charge in [0, 0.05) is 10.3 Å². The van der Waals surface area contributed by atoms with E-state index in [1.54, 1.807) is 23.5 Å². The largest absolute Gasteiger partial charge is 0.240 e. The quantitative estimate of drug-likeness (QED) is 0.731. The van der Waals surface area contributed by atoms with Crippen LogP contribution in [0.25, 0.3) is 10.9 Å². The van der Waals surface area contributed by atoms with Crippen LogP contribution < -0.4 is 0 Å². The van der Waals surface area contributed by atoms with Gasteiger partial charge in [0.1, 0.15) is 5.03 Å². The molecule has 0 saturated carbocycles. The topological polar surface area (TPSA) is 12.9 Å². The van der Waals surface area contributed by atoms with Gasteiger partial charge in [0.05, 0.1) is 5.52 Å². The molecule has 2 aromatic rings. The highest BCUT2D eigenvalue weighted by molar-refractivity contribution is 8.01. The van der Waals surface area contributed by atoms with Gasteiger partial charge in [-0.3, -0.25) is 0 Å². The fourth-order valence-corrected chi connectivity index (χ4v) is 3.37. The molecule has 0 saturated heterocycles. The van der Waals surface area contributed by atoms with Crippen LogP contribution in [0.15, 0.2) is 34.2 Å². The average molecular weight is 235 g/mol. The molecule has 1 nitrogen and oxygen atoms in total. The summed E-state index contributed by atoms with van der Waals surface area (Å²) in [5.74, 6) is 0. The highest BCUT2D eigenvalue weighted by Crippen LogP contribution is 2.33. The molecule has 3 heteroatoms. The van der Waals surface area contributed by atoms with Gasteiger partial charge in [-0.2, -0.15) is 0 Å². The maximum absolute atomic E-state index is 4.67. The Balaban J connectivity index is 2.81. The second-order valence-corrected chi connectivity index (χ2v) is 4.91. The minimum Gasteiger partial charge on any atom is -0.240 e. The van der Waals surface area contributed by atoms with Crippen LogP contribution in [0.4, 0.5) is 0 Å². The standard InChI is InChI=1S/C12H13NS2/c1-8-9-6-4-5-7-10(9)13-12(15-3)11(8)14-2/h4-7H,1-3H3. The smallest absolute Gasteiger partial charge is 0.110 e. The van der Waals surface area contributed by atoms with Crippen LogP contribution in [0.1, 0.15) is 5.56 Å². The van der Waals surface area contributed by atoms with E-state index in [9.17, 15) is 0 Å². The monoisotopic (exact) mass is 235 g/mol. The lowest BCUT2D eigenvalue weighted by Gasteiger charge is -2.10. The van der Waals surface area contributed by atoms with Crippen LogP contribution in [0.3, 0.4) is 0 Å². The van der Waals surface area contributed by atoms with E-state index in [-0.39, 0.29) is 0 Å². The zero-order chi connectivity index (χ0) is 10.8. The van der Waals surface area contributed by atoms with Gasteiger partial charge < -0.3 is 0 Å². The number of fused-ring (bicyclic) bond motifs is 1. The Kier molecular flexibility index (Phi) is 3.22. The number of pyridine rings is 1. The third-order valence-electron chi connectivity index (χ3n) is 2.46. The highest BCUT2D eigenvalue weighted by Gasteiger charge is 2.09. The Morgan fingerprint density at radius 1 is 1.07 bits per heavy atom. The minimum atomic E-state index is 1.09. The van der Waals surface area contributed by atoms with E-state index in [1.165, 1.54) is 15.8 Å². The minimum absolute atomic E-state index is 1.09. The number of para-hydroxylation sites is 1. The number of aryl methyl sites for hydroxylation is 1. The van der Waals surface area contributed by atoms with Crippen molar-refractivity contribution in [3.63, 3.8) is 0 Å². The molecule has 0 aliphatic rings. The fourth-order valence-electron chi connectivity index (χ4n) is 1.71. The molecule has 0 aliphatic carbocycles. The first-order valence-electron chi connectivity index (χ1n) is 4.75. The summed E-state index contributed by atoms with van der Waals surface area (Å²) in [6, 6.07) is 8.32. The van der Waals surface area contributed by atoms with E-state index in [2.05, 4.69) is 42.6 Å². The van der Waals surface area contributed by atoms with Gasteiger partial charge >= 0.3 is 0 Å². The molecule has 0 bridgehead atoms. The van der Waals surface area contributed by atoms with Gasteiger partial charge in [0.2, 0.25) is 0 Å². The number of aromatic nitrogens is 1. The van der Waals surface area contributed by atoms with Gasteiger partial charge in [0.25, 0.3) is 0 Å². The Labute approximate surface area is 98.7 Å². The SMILES string of the molecule is CSc1nc2ccccc2c(C)c1SC. The van der Waals surface area contributed by atoms with E-state index in [1.807, 2.05) is 6.07 Å². The molecule has 1 aromatic carbocycles. The first-order chi connectivity index (χ1) is 7.27. The molecule has 0 unspecified atom stereocenters. The lowest BCUT2D eigenvalue weighted by atomic mass is 10.1. The molecule has 0 amide bonds. The van der Waals surface area contributed by atoms with Crippen LogP contribution >= 0.6 is 23.5 Å². The van der Waals surface area contributed by atoms with Crippen molar-refractivity contribution in [2.75, 3.05) is 12.5 Å². The molecule has 0 aliphatic heterocycles. The Morgan fingerprint density at radius 3 is 2.47 bits per heavy atom. The van der Waals surface area contributed by atoms with Crippen LogP contribution in [0, 0.1) is 6.92 Å². The predicted molar refractivity (Wildman–Crippen MR) is 70.0 cm³/mol. The summed E-state index contributed by atoms with van der Waals surface area (Å²) in [5.41, 5.74) is 2.44. The second kappa shape index (κ2) is 4.45. The summed E-state index contributed by atoms with van der Waals surface area (Å²) >= 11 is 3.50. The van der Waals surface area contributed by atoms with Gasteiger partial charge in [0.15, 0.2) is 0 Å². The maximum Gasteiger partial charge on any atom is 0.110 e. The lowest BCUT2D eigenvalue weighted by molar-refractivity contribution is 1.05. The van der Waals surface area contributed by atoms with Crippen LogP contribution in [-0.2, 0) is 0 Å². The summed E-state index contributed by atoms with van der Waals surface area (Å²) in [4.78, 5) is 5.97. The summed E-state index contributed by atoms with van der Waals surface area (Å²) in [6.45, 7) is 2.18. The number of thioether (sulfide) groups is 2. The molecular weight excluding hydrogens is 222 g/mol. The third kappa shape index (κ3) is 1.86.